The smallest absolute Gasteiger partial charge is 0.146 e. The van der Waals surface area contributed by atoms with Crippen molar-refractivity contribution in [2.24, 2.45) is 0 Å². The lowest BCUT2D eigenvalue weighted by atomic mass is 10.2. The number of halogens is 1. The minimum Gasteiger partial charge on any atom is -0.497 e. The minimum atomic E-state index is 0.746. The van der Waals surface area contributed by atoms with Crippen molar-refractivity contribution in [1.82, 2.24) is 4.98 Å². The summed E-state index contributed by atoms with van der Waals surface area (Å²) in [7, 11) is 5.25. The van der Waals surface area contributed by atoms with E-state index in [9.17, 15) is 0 Å². The summed E-state index contributed by atoms with van der Waals surface area (Å²) in [4.78, 5) is 6.46. The van der Waals surface area contributed by atoms with E-state index in [4.69, 9.17) is 9.47 Å². The normalized spacial score (nSPS) is 10.2. The van der Waals surface area contributed by atoms with E-state index in [1.54, 1.807) is 20.4 Å². The Kier molecular flexibility index (Phi) is 4.49. The van der Waals surface area contributed by atoms with Gasteiger partial charge >= 0.3 is 0 Å². The summed E-state index contributed by atoms with van der Waals surface area (Å²) in [6.07, 6.45) is 1.79. The molecule has 106 valence electrons. The molecule has 2 rings (SSSR count). The second-order valence-corrected chi connectivity index (χ2v) is 5.31. The third-order valence-electron chi connectivity index (χ3n) is 3.08. The lowest BCUT2D eigenvalue weighted by Crippen LogP contribution is -2.13. The van der Waals surface area contributed by atoms with E-state index in [0.29, 0.717) is 0 Å². The number of rotatable bonds is 4. The molecular formula is C15H17BrN2O2. The van der Waals surface area contributed by atoms with Gasteiger partial charge in [0.1, 0.15) is 17.3 Å². The Hall–Kier alpha value is -1.75. The van der Waals surface area contributed by atoms with Crippen molar-refractivity contribution in [2.75, 3.05) is 26.2 Å². The van der Waals surface area contributed by atoms with Crippen LogP contribution in [0.3, 0.4) is 0 Å². The summed E-state index contributed by atoms with van der Waals surface area (Å²) >= 11 is 3.43. The van der Waals surface area contributed by atoms with Crippen LogP contribution in [-0.2, 0) is 0 Å². The van der Waals surface area contributed by atoms with Gasteiger partial charge in [0, 0.05) is 23.8 Å². The van der Waals surface area contributed by atoms with Gasteiger partial charge in [0.25, 0.3) is 0 Å². The van der Waals surface area contributed by atoms with Crippen LogP contribution >= 0.6 is 15.9 Å². The van der Waals surface area contributed by atoms with E-state index >= 15 is 0 Å². The lowest BCUT2D eigenvalue weighted by Gasteiger charge is -2.22. The monoisotopic (exact) mass is 336 g/mol. The Bertz CT molecular complexity index is 617. The van der Waals surface area contributed by atoms with Crippen LogP contribution < -0.4 is 14.4 Å². The first-order chi connectivity index (χ1) is 9.56. The summed E-state index contributed by atoms with van der Waals surface area (Å²) in [5, 5.41) is 0. The summed E-state index contributed by atoms with van der Waals surface area (Å²) < 4.78 is 11.6. The third kappa shape index (κ3) is 2.88. The van der Waals surface area contributed by atoms with Crippen LogP contribution in [-0.4, -0.2) is 26.3 Å². The molecule has 1 aromatic carbocycles. The molecule has 1 aromatic heterocycles. The first-order valence-electron chi connectivity index (χ1n) is 6.14. The molecule has 0 saturated heterocycles. The van der Waals surface area contributed by atoms with Crippen molar-refractivity contribution in [1.29, 1.82) is 0 Å². The van der Waals surface area contributed by atoms with E-state index in [1.807, 2.05) is 43.1 Å². The Morgan fingerprint density at radius 3 is 2.50 bits per heavy atom. The van der Waals surface area contributed by atoms with E-state index in [0.717, 1.165) is 33.0 Å². The molecule has 0 spiro atoms. The van der Waals surface area contributed by atoms with Crippen LogP contribution in [0.15, 0.2) is 34.9 Å². The van der Waals surface area contributed by atoms with Crippen molar-refractivity contribution in [3.8, 4) is 11.5 Å². The molecule has 0 saturated carbocycles. The molecule has 0 unspecified atom stereocenters. The molecule has 0 aliphatic carbocycles. The first kappa shape index (κ1) is 14.7. The molecule has 0 radical (unpaired) electrons. The molecule has 5 heteroatoms. The maximum absolute atomic E-state index is 5.44. The molecule has 1 heterocycles. The highest BCUT2D eigenvalue weighted by atomic mass is 79.9. The molecule has 0 bridgehead atoms. The molecular weight excluding hydrogens is 320 g/mol. The molecule has 0 aliphatic heterocycles. The fourth-order valence-electron chi connectivity index (χ4n) is 2.06. The van der Waals surface area contributed by atoms with Crippen LogP contribution in [0.1, 0.15) is 5.56 Å². The van der Waals surface area contributed by atoms with Crippen molar-refractivity contribution in [3.05, 3.63) is 40.5 Å². The van der Waals surface area contributed by atoms with Crippen LogP contribution in [0.5, 0.6) is 11.5 Å². The van der Waals surface area contributed by atoms with E-state index in [-0.39, 0.29) is 0 Å². The van der Waals surface area contributed by atoms with Gasteiger partial charge in [-0.2, -0.15) is 0 Å². The van der Waals surface area contributed by atoms with Gasteiger partial charge in [0.05, 0.1) is 19.9 Å². The Morgan fingerprint density at radius 1 is 1.15 bits per heavy atom. The topological polar surface area (TPSA) is 34.6 Å². The fourth-order valence-corrected chi connectivity index (χ4v) is 2.51. The van der Waals surface area contributed by atoms with E-state index in [1.165, 1.54) is 0 Å². The molecule has 0 atom stereocenters. The third-order valence-corrected chi connectivity index (χ3v) is 3.52. The average Bonchev–Trinajstić information content (AvgIpc) is 2.46. The predicted molar refractivity (Wildman–Crippen MR) is 84.3 cm³/mol. The molecule has 0 amide bonds. The number of pyridine rings is 1. The highest BCUT2D eigenvalue weighted by Crippen LogP contribution is 2.35. The van der Waals surface area contributed by atoms with Gasteiger partial charge in [-0.05, 0) is 46.6 Å². The largest absolute Gasteiger partial charge is 0.497 e. The second kappa shape index (κ2) is 6.13. The fraction of sp³-hybridized carbons (Fsp3) is 0.267. The zero-order chi connectivity index (χ0) is 14.7. The van der Waals surface area contributed by atoms with Crippen LogP contribution in [0.4, 0.5) is 11.5 Å². The highest BCUT2D eigenvalue weighted by molar-refractivity contribution is 9.10. The lowest BCUT2D eigenvalue weighted by molar-refractivity contribution is 0.395. The van der Waals surface area contributed by atoms with Gasteiger partial charge in [-0.25, -0.2) is 4.98 Å². The summed E-state index contributed by atoms with van der Waals surface area (Å²) in [6.45, 7) is 2.03. The number of aromatic nitrogens is 1. The van der Waals surface area contributed by atoms with Gasteiger partial charge in [0.15, 0.2) is 0 Å². The van der Waals surface area contributed by atoms with Crippen LogP contribution in [0, 0.1) is 6.92 Å². The molecule has 0 N–H and O–H groups in total. The number of anilines is 2. The van der Waals surface area contributed by atoms with Crippen LogP contribution in [0.25, 0.3) is 0 Å². The van der Waals surface area contributed by atoms with Crippen molar-refractivity contribution in [2.45, 2.75) is 6.92 Å². The summed E-state index contributed by atoms with van der Waals surface area (Å²) in [5.74, 6) is 2.40. The zero-order valence-electron chi connectivity index (χ0n) is 12.0. The molecule has 2 aromatic rings. The van der Waals surface area contributed by atoms with Gasteiger partial charge in [-0.3, -0.25) is 0 Å². The first-order valence-corrected chi connectivity index (χ1v) is 6.94. The number of ether oxygens (including phenoxy) is 2. The van der Waals surface area contributed by atoms with Crippen LogP contribution in [0.2, 0.25) is 0 Å². The van der Waals surface area contributed by atoms with Gasteiger partial charge in [-0.15, -0.1) is 0 Å². The molecule has 4 nitrogen and oxygen atoms in total. The minimum absolute atomic E-state index is 0.746. The maximum Gasteiger partial charge on any atom is 0.146 e. The maximum atomic E-state index is 5.44. The van der Waals surface area contributed by atoms with Crippen molar-refractivity contribution < 1.29 is 9.47 Å². The molecule has 20 heavy (non-hydrogen) atoms. The van der Waals surface area contributed by atoms with Gasteiger partial charge < -0.3 is 14.4 Å². The van der Waals surface area contributed by atoms with E-state index in [2.05, 4.69) is 20.9 Å². The average molecular weight is 337 g/mol. The Morgan fingerprint density at radius 2 is 1.90 bits per heavy atom. The predicted octanol–water partition coefficient (Wildman–Crippen LogP) is 3.94. The second-order valence-electron chi connectivity index (χ2n) is 4.39. The summed E-state index contributed by atoms with van der Waals surface area (Å²) in [5.41, 5.74) is 2.02. The Labute approximate surface area is 127 Å². The quantitative estimate of drug-likeness (QED) is 0.846. The number of methoxy groups -OCH3 is 2. The standard InChI is InChI=1S/C15H17BrN2O2/c1-10-7-11(16)9-17-15(10)18(2)13-6-5-12(19-3)8-14(13)20-4/h5-9H,1-4H3. The van der Waals surface area contributed by atoms with Gasteiger partial charge in [0.2, 0.25) is 0 Å². The molecule has 0 fully saturated rings. The number of benzene rings is 1. The highest BCUT2D eigenvalue weighted by Gasteiger charge is 2.14. The number of aryl methyl sites for hydroxylation is 1. The SMILES string of the molecule is COc1ccc(N(C)c2ncc(Br)cc2C)c(OC)c1. The van der Waals surface area contributed by atoms with Gasteiger partial charge in [-0.1, -0.05) is 0 Å². The zero-order valence-corrected chi connectivity index (χ0v) is 13.6. The number of hydrogen-bond donors (Lipinski definition) is 0. The van der Waals surface area contributed by atoms with Crippen molar-refractivity contribution >= 4 is 27.4 Å². The van der Waals surface area contributed by atoms with Crippen molar-refractivity contribution in [3.63, 3.8) is 0 Å². The molecule has 0 aliphatic rings. The number of hydrogen-bond acceptors (Lipinski definition) is 4. The summed E-state index contributed by atoms with van der Waals surface area (Å²) in [6, 6.07) is 7.76. The number of nitrogens with zero attached hydrogens (tertiary/aromatic N) is 2. The van der Waals surface area contributed by atoms with E-state index < -0.39 is 0 Å². The Balaban J connectivity index is 2.44.